The van der Waals surface area contributed by atoms with Gasteiger partial charge in [0.2, 0.25) is 0 Å². The maximum absolute atomic E-state index is 12.3. The van der Waals surface area contributed by atoms with Gasteiger partial charge in [0.05, 0.1) is 13.7 Å². The fourth-order valence-electron chi connectivity index (χ4n) is 2.13. The van der Waals surface area contributed by atoms with Gasteiger partial charge in [0, 0.05) is 0 Å². The van der Waals surface area contributed by atoms with Crippen LogP contribution in [0, 0.1) is 0 Å². The molecule has 128 valence electrons. The summed E-state index contributed by atoms with van der Waals surface area (Å²) >= 11 is 0. The molecule has 0 amide bonds. The molecular formula is C17H15F3O4. The van der Waals surface area contributed by atoms with Gasteiger partial charge in [-0.1, -0.05) is 18.2 Å². The smallest absolute Gasteiger partial charge is 0.496 e. The first-order valence-corrected chi connectivity index (χ1v) is 7.05. The van der Waals surface area contributed by atoms with Crippen molar-refractivity contribution in [2.24, 2.45) is 0 Å². The number of hydrogen-bond acceptors (Lipinski definition) is 4. The predicted molar refractivity (Wildman–Crippen MR) is 81.1 cm³/mol. The molecule has 0 bridgehead atoms. The fraction of sp³-hybridized carbons (Fsp3) is 0.235. The van der Waals surface area contributed by atoms with E-state index in [1.807, 2.05) is 0 Å². The molecule has 7 heteroatoms. The van der Waals surface area contributed by atoms with Crippen molar-refractivity contribution in [1.29, 1.82) is 0 Å². The molecule has 0 saturated carbocycles. The standard InChI is InChI=1S/C17H15F3O4/c1-3-23-16(21)14-10-12(7-8-15(14)22-2)11-5-4-6-13(9-11)24-17(18,19)20/h4-10H,3H2,1-2H3. The van der Waals surface area contributed by atoms with Gasteiger partial charge < -0.3 is 14.2 Å². The van der Waals surface area contributed by atoms with Crippen molar-refractivity contribution in [2.75, 3.05) is 13.7 Å². The molecule has 0 aromatic heterocycles. The molecule has 0 fully saturated rings. The summed E-state index contributed by atoms with van der Waals surface area (Å²) in [5, 5.41) is 0. The molecule has 0 radical (unpaired) electrons. The van der Waals surface area contributed by atoms with Gasteiger partial charge in [0.15, 0.2) is 0 Å². The second-order valence-electron chi connectivity index (χ2n) is 4.71. The Bertz CT molecular complexity index is 726. The van der Waals surface area contributed by atoms with E-state index in [9.17, 15) is 18.0 Å². The van der Waals surface area contributed by atoms with Crippen LogP contribution < -0.4 is 9.47 Å². The van der Waals surface area contributed by atoms with Crippen LogP contribution >= 0.6 is 0 Å². The average Bonchev–Trinajstić information content (AvgIpc) is 2.53. The van der Waals surface area contributed by atoms with Crippen molar-refractivity contribution in [3.8, 4) is 22.6 Å². The Morgan fingerprint density at radius 3 is 2.42 bits per heavy atom. The van der Waals surface area contributed by atoms with Crippen LogP contribution in [0.5, 0.6) is 11.5 Å². The number of carbonyl (C=O) groups excluding carboxylic acids is 1. The Morgan fingerprint density at radius 1 is 1.08 bits per heavy atom. The van der Waals surface area contributed by atoms with Crippen molar-refractivity contribution in [1.82, 2.24) is 0 Å². The quantitative estimate of drug-likeness (QED) is 0.755. The number of rotatable bonds is 5. The summed E-state index contributed by atoms with van der Waals surface area (Å²) in [6, 6.07) is 10.2. The topological polar surface area (TPSA) is 44.8 Å². The SMILES string of the molecule is CCOC(=O)c1cc(-c2cccc(OC(F)(F)F)c2)ccc1OC. The first kappa shape index (κ1) is 17.7. The number of ether oxygens (including phenoxy) is 3. The van der Waals surface area contributed by atoms with E-state index in [0.29, 0.717) is 16.9 Å². The number of hydrogen-bond donors (Lipinski definition) is 0. The zero-order valence-corrected chi connectivity index (χ0v) is 13.0. The van der Waals surface area contributed by atoms with E-state index >= 15 is 0 Å². The first-order valence-electron chi connectivity index (χ1n) is 7.05. The molecular weight excluding hydrogens is 325 g/mol. The second kappa shape index (κ2) is 7.25. The molecule has 0 atom stereocenters. The molecule has 0 heterocycles. The van der Waals surface area contributed by atoms with E-state index < -0.39 is 12.3 Å². The lowest BCUT2D eigenvalue weighted by Gasteiger charge is -2.12. The van der Waals surface area contributed by atoms with Crippen LogP contribution in [0.4, 0.5) is 13.2 Å². The van der Waals surface area contributed by atoms with Crippen LogP contribution in [0.3, 0.4) is 0 Å². The number of halogens is 3. The highest BCUT2D eigenvalue weighted by Crippen LogP contribution is 2.31. The number of esters is 1. The molecule has 0 unspecified atom stereocenters. The molecule has 0 aliphatic rings. The lowest BCUT2D eigenvalue weighted by molar-refractivity contribution is -0.274. The van der Waals surface area contributed by atoms with E-state index in [1.54, 1.807) is 25.1 Å². The Balaban J connectivity index is 2.40. The van der Waals surface area contributed by atoms with Crippen molar-refractivity contribution in [3.05, 3.63) is 48.0 Å². The lowest BCUT2D eigenvalue weighted by Crippen LogP contribution is -2.17. The van der Waals surface area contributed by atoms with Gasteiger partial charge in [-0.25, -0.2) is 4.79 Å². The summed E-state index contributed by atoms with van der Waals surface area (Å²) in [4.78, 5) is 12.0. The third kappa shape index (κ3) is 4.41. The van der Waals surface area contributed by atoms with E-state index in [1.165, 1.54) is 31.4 Å². The minimum Gasteiger partial charge on any atom is -0.496 e. The summed E-state index contributed by atoms with van der Waals surface area (Å²) in [5.41, 5.74) is 1.19. The molecule has 0 N–H and O–H groups in total. The molecule has 0 saturated heterocycles. The van der Waals surface area contributed by atoms with Gasteiger partial charge in [-0.15, -0.1) is 13.2 Å². The number of alkyl halides is 3. The largest absolute Gasteiger partial charge is 0.573 e. The highest BCUT2D eigenvalue weighted by atomic mass is 19.4. The van der Waals surface area contributed by atoms with Gasteiger partial charge in [-0.05, 0) is 42.3 Å². The van der Waals surface area contributed by atoms with Gasteiger partial charge in [-0.2, -0.15) is 0 Å². The normalized spacial score (nSPS) is 11.0. The van der Waals surface area contributed by atoms with Crippen LogP contribution in [-0.4, -0.2) is 26.0 Å². The number of methoxy groups -OCH3 is 1. The lowest BCUT2D eigenvalue weighted by atomic mass is 10.0. The minimum absolute atomic E-state index is 0.194. The number of benzene rings is 2. The monoisotopic (exact) mass is 340 g/mol. The van der Waals surface area contributed by atoms with Crippen LogP contribution in [0.25, 0.3) is 11.1 Å². The van der Waals surface area contributed by atoms with Crippen LogP contribution in [0.15, 0.2) is 42.5 Å². The Morgan fingerprint density at radius 2 is 1.79 bits per heavy atom. The Hall–Kier alpha value is -2.70. The zero-order valence-electron chi connectivity index (χ0n) is 13.0. The van der Waals surface area contributed by atoms with Crippen LogP contribution in [0.1, 0.15) is 17.3 Å². The summed E-state index contributed by atoms with van der Waals surface area (Å²) in [6.07, 6.45) is -4.77. The maximum atomic E-state index is 12.3. The average molecular weight is 340 g/mol. The minimum atomic E-state index is -4.77. The van der Waals surface area contributed by atoms with Gasteiger partial charge in [-0.3, -0.25) is 0 Å². The van der Waals surface area contributed by atoms with Gasteiger partial charge in [0.1, 0.15) is 17.1 Å². The second-order valence-corrected chi connectivity index (χ2v) is 4.71. The molecule has 2 rings (SSSR count). The summed E-state index contributed by atoms with van der Waals surface area (Å²) in [7, 11) is 1.41. The van der Waals surface area contributed by atoms with Crippen LogP contribution in [-0.2, 0) is 4.74 Å². The molecule has 0 spiro atoms. The number of carbonyl (C=O) groups is 1. The van der Waals surface area contributed by atoms with E-state index in [-0.39, 0.29) is 17.9 Å². The first-order chi connectivity index (χ1) is 11.3. The molecule has 2 aromatic carbocycles. The third-order valence-corrected chi connectivity index (χ3v) is 3.10. The summed E-state index contributed by atoms with van der Waals surface area (Å²) < 4.78 is 51.0. The molecule has 0 aliphatic carbocycles. The maximum Gasteiger partial charge on any atom is 0.573 e. The molecule has 2 aromatic rings. The van der Waals surface area contributed by atoms with Gasteiger partial charge >= 0.3 is 12.3 Å². The summed E-state index contributed by atoms with van der Waals surface area (Å²) in [6.45, 7) is 1.87. The Labute approximate surface area is 136 Å². The molecule has 0 aliphatic heterocycles. The summed E-state index contributed by atoms with van der Waals surface area (Å²) in [5.74, 6) is -0.590. The Kier molecular flexibility index (Phi) is 5.33. The molecule has 24 heavy (non-hydrogen) atoms. The van der Waals surface area contributed by atoms with Crippen molar-refractivity contribution >= 4 is 5.97 Å². The fourth-order valence-corrected chi connectivity index (χ4v) is 2.13. The molecule has 4 nitrogen and oxygen atoms in total. The van der Waals surface area contributed by atoms with Crippen LogP contribution in [0.2, 0.25) is 0 Å². The predicted octanol–water partition coefficient (Wildman–Crippen LogP) is 4.44. The van der Waals surface area contributed by atoms with E-state index in [2.05, 4.69) is 4.74 Å². The van der Waals surface area contributed by atoms with E-state index in [4.69, 9.17) is 9.47 Å². The highest BCUT2D eigenvalue weighted by Gasteiger charge is 2.31. The van der Waals surface area contributed by atoms with E-state index in [0.717, 1.165) is 0 Å². The zero-order chi connectivity index (χ0) is 17.7. The van der Waals surface area contributed by atoms with Crippen molar-refractivity contribution in [2.45, 2.75) is 13.3 Å². The third-order valence-electron chi connectivity index (χ3n) is 3.10. The van der Waals surface area contributed by atoms with Gasteiger partial charge in [0.25, 0.3) is 0 Å². The van der Waals surface area contributed by atoms with Crippen molar-refractivity contribution in [3.63, 3.8) is 0 Å². The van der Waals surface area contributed by atoms with Crippen molar-refractivity contribution < 1.29 is 32.2 Å². The highest BCUT2D eigenvalue weighted by molar-refractivity contribution is 5.94.